The molecule has 0 saturated heterocycles. The molecule has 0 atom stereocenters. The van der Waals surface area contributed by atoms with Gasteiger partial charge >= 0.3 is 5.97 Å². The summed E-state index contributed by atoms with van der Waals surface area (Å²) in [6.45, 7) is 3.16. The first-order chi connectivity index (χ1) is 8.13. The average molecular weight is 239 g/mol. The molecule has 6 heteroatoms. The number of carboxylic acids is 1. The number of nitrogens with one attached hydrogen (secondary N) is 1. The van der Waals surface area contributed by atoms with Crippen LogP contribution in [0.1, 0.15) is 36.5 Å². The fraction of sp³-hybridized carbons (Fsp3) is 0.545. The molecule has 17 heavy (non-hydrogen) atoms. The molecule has 0 saturated carbocycles. The van der Waals surface area contributed by atoms with Gasteiger partial charge in [-0.1, -0.05) is 0 Å². The molecule has 0 bridgehead atoms. The standard InChI is InChI=1S/C11H17N3O3/c1-2-14-8-9(7-13-14)11(17)12-6-4-3-5-10(15)16/h7-8H,2-6H2,1H3,(H,12,17)(H,15,16). The van der Waals surface area contributed by atoms with E-state index in [1.807, 2.05) is 6.92 Å². The largest absolute Gasteiger partial charge is 0.481 e. The molecule has 1 amide bonds. The maximum atomic E-state index is 11.6. The van der Waals surface area contributed by atoms with Gasteiger partial charge in [-0.2, -0.15) is 5.10 Å². The summed E-state index contributed by atoms with van der Waals surface area (Å²) in [7, 11) is 0. The number of aryl methyl sites for hydroxylation is 1. The Labute approximate surface area is 99.6 Å². The lowest BCUT2D eigenvalue weighted by Gasteiger charge is -2.02. The monoisotopic (exact) mass is 239 g/mol. The Morgan fingerprint density at radius 3 is 2.82 bits per heavy atom. The number of amides is 1. The molecular weight excluding hydrogens is 222 g/mol. The molecule has 0 spiro atoms. The number of carboxylic acid groups (broad SMARTS) is 1. The van der Waals surface area contributed by atoms with Crippen molar-refractivity contribution in [2.75, 3.05) is 6.54 Å². The van der Waals surface area contributed by atoms with Gasteiger partial charge in [0.2, 0.25) is 0 Å². The molecule has 0 fully saturated rings. The maximum absolute atomic E-state index is 11.6. The first-order valence-electron chi connectivity index (χ1n) is 5.66. The number of hydrogen-bond donors (Lipinski definition) is 2. The third-order valence-electron chi connectivity index (χ3n) is 2.32. The van der Waals surface area contributed by atoms with Crippen molar-refractivity contribution < 1.29 is 14.7 Å². The van der Waals surface area contributed by atoms with E-state index in [0.29, 0.717) is 24.9 Å². The molecule has 0 aliphatic heterocycles. The summed E-state index contributed by atoms with van der Waals surface area (Å²) in [5, 5.41) is 15.2. The van der Waals surface area contributed by atoms with Gasteiger partial charge in [-0.25, -0.2) is 0 Å². The fourth-order valence-corrected chi connectivity index (χ4v) is 1.36. The van der Waals surface area contributed by atoms with Gasteiger partial charge in [0, 0.05) is 25.7 Å². The van der Waals surface area contributed by atoms with Crippen molar-refractivity contribution in [3.05, 3.63) is 18.0 Å². The minimum Gasteiger partial charge on any atom is -0.481 e. The lowest BCUT2D eigenvalue weighted by Crippen LogP contribution is -2.24. The third-order valence-corrected chi connectivity index (χ3v) is 2.32. The third kappa shape index (κ3) is 4.67. The van der Waals surface area contributed by atoms with E-state index in [2.05, 4.69) is 10.4 Å². The highest BCUT2D eigenvalue weighted by Gasteiger charge is 2.07. The average Bonchev–Trinajstić information content (AvgIpc) is 2.76. The van der Waals surface area contributed by atoms with Crippen molar-refractivity contribution in [1.29, 1.82) is 0 Å². The van der Waals surface area contributed by atoms with Crippen molar-refractivity contribution in [2.45, 2.75) is 32.7 Å². The van der Waals surface area contributed by atoms with Crippen LogP contribution in [0, 0.1) is 0 Å². The van der Waals surface area contributed by atoms with Crippen molar-refractivity contribution in [3.63, 3.8) is 0 Å². The number of hydrogen-bond acceptors (Lipinski definition) is 3. The molecule has 94 valence electrons. The topological polar surface area (TPSA) is 84.2 Å². The van der Waals surface area contributed by atoms with Gasteiger partial charge < -0.3 is 10.4 Å². The van der Waals surface area contributed by atoms with E-state index in [9.17, 15) is 9.59 Å². The molecule has 6 nitrogen and oxygen atoms in total. The van der Waals surface area contributed by atoms with Crippen LogP contribution in [0.2, 0.25) is 0 Å². The first kappa shape index (κ1) is 13.2. The molecule has 1 aromatic heterocycles. The molecular formula is C11H17N3O3. The molecule has 0 aromatic carbocycles. The van der Waals surface area contributed by atoms with E-state index < -0.39 is 5.97 Å². The lowest BCUT2D eigenvalue weighted by atomic mass is 10.2. The van der Waals surface area contributed by atoms with Crippen molar-refractivity contribution in [2.24, 2.45) is 0 Å². The van der Waals surface area contributed by atoms with Crippen LogP contribution in [-0.2, 0) is 11.3 Å². The van der Waals surface area contributed by atoms with Crippen LogP contribution >= 0.6 is 0 Å². The summed E-state index contributed by atoms with van der Waals surface area (Å²) >= 11 is 0. The molecule has 0 aliphatic rings. The smallest absolute Gasteiger partial charge is 0.303 e. The van der Waals surface area contributed by atoms with E-state index in [1.165, 1.54) is 6.20 Å². The van der Waals surface area contributed by atoms with Crippen LogP contribution in [0.4, 0.5) is 0 Å². The van der Waals surface area contributed by atoms with E-state index >= 15 is 0 Å². The number of unbranched alkanes of at least 4 members (excludes halogenated alkanes) is 1. The summed E-state index contributed by atoms with van der Waals surface area (Å²) in [4.78, 5) is 21.8. The Balaban J connectivity index is 2.23. The van der Waals surface area contributed by atoms with E-state index in [1.54, 1.807) is 10.9 Å². The van der Waals surface area contributed by atoms with Gasteiger partial charge in [0.15, 0.2) is 0 Å². The highest BCUT2D eigenvalue weighted by Crippen LogP contribution is 1.98. The van der Waals surface area contributed by atoms with Crippen LogP contribution in [0.3, 0.4) is 0 Å². The van der Waals surface area contributed by atoms with Crippen LogP contribution in [0.15, 0.2) is 12.4 Å². The summed E-state index contributed by atoms with van der Waals surface area (Å²) in [6.07, 6.45) is 4.59. The Hall–Kier alpha value is -1.85. The number of aliphatic carboxylic acids is 1. The van der Waals surface area contributed by atoms with Gasteiger partial charge in [0.25, 0.3) is 5.91 Å². The van der Waals surface area contributed by atoms with Gasteiger partial charge in [-0.05, 0) is 19.8 Å². The molecule has 0 aliphatic carbocycles. The normalized spacial score (nSPS) is 10.2. The predicted octanol–water partition coefficient (Wildman–Crippen LogP) is 0.888. The van der Waals surface area contributed by atoms with Gasteiger partial charge in [0.05, 0.1) is 11.8 Å². The molecule has 1 aromatic rings. The van der Waals surface area contributed by atoms with Crippen molar-refractivity contribution >= 4 is 11.9 Å². The minimum atomic E-state index is -0.805. The second-order valence-corrected chi connectivity index (χ2v) is 3.69. The van der Waals surface area contributed by atoms with E-state index in [-0.39, 0.29) is 12.3 Å². The van der Waals surface area contributed by atoms with Crippen LogP contribution < -0.4 is 5.32 Å². The summed E-state index contributed by atoms with van der Waals surface area (Å²) < 4.78 is 1.68. The van der Waals surface area contributed by atoms with Crippen LogP contribution in [0.25, 0.3) is 0 Å². The lowest BCUT2D eigenvalue weighted by molar-refractivity contribution is -0.137. The fourth-order valence-electron chi connectivity index (χ4n) is 1.36. The van der Waals surface area contributed by atoms with Crippen LogP contribution in [0.5, 0.6) is 0 Å². The Kier molecular flexibility index (Phi) is 5.19. The molecule has 1 heterocycles. The minimum absolute atomic E-state index is 0.142. The zero-order chi connectivity index (χ0) is 12.7. The number of aromatic nitrogens is 2. The zero-order valence-corrected chi connectivity index (χ0v) is 9.85. The summed E-state index contributed by atoms with van der Waals surface area (Å²) in [6, 6.07) is 0. The number of carbonyl (C=O) groups is 2. The number of nitrogens with zero attached hydrogens (tertiary/aromatic N) is 2. The summed E-state index contributed by atoms with van der Waals surface area (Å²) in [5.74, 6) is -0.972. The highest BCUT2D eigenvalue weighted by atomic mass is 16.4. The predicted molar refractivity (Wildman–Crippen MR) is 61.7 cm³/mol. The zero-order valence-electron chi connectivity index (χ0n) is 9.85. The summed E-state index contributed by atoms with van der Waals surface area (Å²) in [5.41, 5.74) is 0.532. The second kappa shape index (κ2) is 6.67. The highest BCUT2D eigenvalue weighted by molar-refractivity contribution is 5.93. The van der Waals surface area contributed by atoms with E-state index in [4.69, 9.17) is 5.11 Å². The molecule has 0 radical (unpaired) electrons. The number of rotatable bonds is 7. The Morgan fingerprint density at radius 1 is 1.47 bits per heavy atom. The van der Waals surface area contributed by atoms with Crippen LogP contribution in [-0.4, -0.2) is 33.3 Å². The Morgan fingerprint density at radius 2 is 2.24 bits per heavy atom. The maximum Gasteiger partial charge on any atom is 0.303 e. The molecule has 0 unspecified atom stereocenters. The van der Waals surface area contributed by atoms with Gasteiger partial charge in [-0.3, -0.25) is 14.3 Å². The van der Waals surface area contributed by atoms with E-state index in [0.717, 1.165) is 6.54 Å². The van der Waals surface area contributed by atoms with Crippen molar-refractivity contribution in [1.82, 2.24) is 15.1 Å². The number of carbonyl (C=O) groups excluding carboxylic acids is 1. The van der Waals surface area contributed by atoms with Gasteiger partial charge in [0.1, 0.15) is 0 Å². The molecule has 1 rings (SSSR count). The second-order valence-electron chi connectivity index (χ2n) is 3.69. The first-order valence-corrected chi connectivity index (χ1v) is 5.66. The van der Waals surface area contributed by atoms with Crippen molar-refractivity contribution in [3.8, 4) is 0 Å². The van der Waals surface area contributed by atoms with Gasteiger partial charge in [-0.15, -0.1) is 0 Å². The molecule has 2 N–H and O–H groups in total. The Bertz CT molecular complexity index is 387. The quantitative estimate of drug-likeness (QED) is 0.692. The SMILES string of the molecule is CCn1cc(C(=O)NCCCCC(=O)O)cn1.